The van der Waals surface area contributed by atoms with Crippen molar-refractivity contribution in [3.63, 3.8) is 0 Å². The molecule has 1 saturated carbocycles. The number of nitrogens with two attached hydrogens (primary N) is 1. The van der Waals surface area contributed by atoms with Crippen LogP contribution in [0.5, 0.6) is 11.5 Å². The fourth-order valence-electron chi connectivity index (χ4n) is 12.7. The molecule has 1 aliphatic carbocycles. The Bertz CT molecular complexity index is 3060. The van der Waals surface area contributed by atoms with Gasteiger partial charge in [-0.15, -0.1) is 0 Å². The second-order valence-electron chi connectivity index (χ2n) is 20.8. The number of primary amides is 1. The molecule has 0 radical (unpaired) electrons. The predicted molar refractivity (Wildman–Crippen MR) is 273 cm³/mol. The molecule has 398 valence electrons. The quantitative estimate of drug-likeness (QED) is 0.0843. The SMILES string of the molecule is C[C@H]1CN(C(=O)C2CCC(NC[C@]3(c4ccccc4)Oc4cc(F)c(Cl)c(-c5c(C(N)=O)ccc(OCCO)c5F)c4[C@@H]3C)CC2)CCC1N1CCC(c2c(F)cc3c(N4CCC(=O)NC4=O)nn(C)c3c2F)CC1. The molecule has 1 unspecified atom stereocenters. The van der Waals surface area contributed by atoms with E-state index in [1.807, 2.05) is 42.2 Å². The maximum atomic E-state index is 16.5. The lowest BCUT2D eigenvalue weighted by atomic mass is 9.77. The third-order valence-electron chi connectivity index (χ3n) is 16.5. The molecule has 5 heterocycles. The number of aliphatic hydroxyl groups is 1. The van der Waals surface area contributed by atoms with Gasteiger partial charge < -0.3 is 30.5 Å². The first-order valence-electron chi connectivity index (χ1n) is 25.9. The van der Waals surface area contributed by atoms with Gasteiger partial charge in [0.05, 0.1) is 22.6 Å². The van der Waals surface area contributed by atoms with Crippen LogP contribution >= 0.6 is 11.6 Å². The lowest BCUT2D eigenvalue weighted by molar-refractivity contribution is -0.139. The fraction of sp³-hybridized carbons (Fsp3) is 0.473. The fourth-order valence-corrected chi connectivity index (χ4v) is 12.9. The molecule has 5 N–H and O–H groups in total. The minimum atomic E-state index is -1.14. The molecule has 5 aliphatic rings. The molecule has 10 rings (SSSR count). The van der Waals surface area contributed by atoms with Gasteiger partial charge in [-0.3, -0.25) is 34.2 Å². The van der Waals surface area contributed by atoms with E-state index in [9.17, 15) is 24.3 Å². The van der Waals surface area contributed by atoms with E-state index in [0.717, 1.165) is 24.8 Å². The zero-order valence-corrected chi connectivity index (χ0v) is 42.8. The zero-order valence-electron chi connectivity index (χ0n) is 42.1. The molecular formula is C55H61ClF4N8O7. The topological polar surface area (TPSA) is 185 Å². The number of piperidine rings is 2. The molecule has 3 saturated heterocycles. The van der Waals surface area contributed by atoms with Crippen LogP contribution in [0.3, 0.4) is 0 Å². The second-order valence-corrected chi connectivity index (χ2v) is 21.2. The molecule has 0 spiro atoms. The summed E-state index contributed by atoms with van der Waals surface area (Å²) in [5.74, 6) is -5.43. The molecule has 0 bridgehead atoms. The predicted octanol–water partition coefficient (Wildman–Crippen LogP) is 8.02. The van der Waals surface area contributed by atoms with Crippen LogP contribution in [0.2, 0.25) is 5.02 Å². The maximum absolute atomic E-state index is 16.5. The van der Waals surface area contributed by atoms with Gasteiger partial charge in [-0.1, -0.05) is 55.8 Å². The summed E-state index contributed by atoms with van der Waals surface area (Å²) >= 11 is 6.72. The van der Waals surface area contributed by atoms with Gasteiger partial charge in [0.25, 0.3) is 0 Å². The number of nitrogens with one attached hydrogen (secondary N) is 2. The van der Waals surface area contributed by atoms with Crippen LogP contribution in [0.1, 0.15) is 104 Å². The third-order valence-corrected chi connectivity index (χ3v) is 16.9. The number of carbonyl (C=O) groups is 4. The zero-order chi connectivity index (χ0) is 53.0. The van der Waals surface area contributed by atoms with E-state index in [1.54, 1.807) is 7.05 Å². The normalized spacial score (nSPS) is 24.6. The van der Waals surface area contributed by atoms with E-state index in [-0.39, 0.29) is 112 Å². The van der Waals surface area contributed by atoms with Crippen molar-refractivity contribution < 1.29 is 51.3 Å². The van der Waals surface area contributed by atoms with E-state index in [4.69, 9.17) is 26.8 Å². The number of benzene rings is 4. The highest BCUT2D eigenvalue weighted by atomic mass is 35.5. The molecule has 20 heteroatoms. The number of amides is 5. The summed E-state index contributed by atoms with van der Waals surface area (Å²) < 4.78 is 78.3. The van der Waals surface area contributed by atoms with Crippen molar-refractivity contribution in [2.75, 3.05) is 57.4 Å². The molecule has 4 fully saturated rings. The van der Waals surface area contributed by atoms with Gasteiger partial charge in [0.2, 0.25) is 17.7 Å². The molecule has 75 heavy (non-hydrogen) atoms. The monoisotopic (exact) mass is 1060 g/mol. The van der Waals surface area contributed by atoms with Gasteiger partial charge in [0, 0.05) is 91.9 Å². The molecule has 1 aromatic heterocycles. The summed E-state index contributed by atoms with van der Waals surface area (Å²) in [6.07, 6.45) is 4.73. The number of fused-ring (bicyclic) bond motifs is 2. The third kappa shape index (κ3) is 9.47. The number of imide groups is 1. The van der Waals surface area contributed by atoms with E-state index >= 15 is 17.6 Å². The summed E-state index contributed by atoms with van der Waals surface area (Å²) in [6, 6.07) is 13.9. The highest BCUT2D eigenvalue weighted by Gasteiger charge is 2.51. The summed E-state index contributed by atoms with van der Waals surface area (Å²) in [5, 5.41) is 19.5. The van der Waals surface area contributed by atoms with Crippen molar-refractivity contribution in [2.24, 2.45) is 24.6 Å². The number of aryl methyl sites for hydroxylation is 1. The minimum absolute atomic E-state index is 0.0158. The Kier molecular flexibility index (Phi) is 14.6. The van der Waals surface area contributed by atoms with Crippen LogP contribution < -0.4 is 30.7 Å². The Morgan fingerprint density at radius 3 is 2.33 bits per heavy atom. The Labute approximate surface area is 436 Å². The van der Waals surface area contributed by atoms with Crippen molar-refractivity contribution in [2.45, 2.75) is 94.7 Å². The number of anilines is 1. The molecule has 5 aromatic rings. The largest absolute Gasteiger partial charge is 0.488 e. The van der Waals surface area contributed by atoms with Crippen LogP contribution in [0.25, 0.3) is 22.0 Å². The van der Waals surface area contributed by atoms with Gasteiger partial charge in [-0.2, -0.15) is 5.10 Å². The van der Waals surface area contributed by atoms with Crippen molar-refractivity contribution in [3.8, 4) is 22.6 Å². The van der Waals surface area contributed by atoms with Gasteiger partial charge >= 0.3 is 6.03 Å². The van der Waals surface area contributed by atoms with Gasteiger partial charge in [0.1, 0.15) is 29.5 Å². The van der Waals surface area contributed by atoms with Gasteiger partial charge in [-0.25, -0.2) is 22.4 Å². The van der Waals surface area contributed by atoms with Crippen molar-refractivity contribution in [1.82, 2.24) is 30.2 Å². The first-order chi connectivity index (χ1) is 36.0. The summed E-state index contributed by atoms with van der Waals surface area (Å²) in [5.41, 5.74) is 5.27. The van der Waals surface area contributed by atoms with Gasteiger partial charge in [-0.05, 0) is 93.6 Å². The number of aromatic nitrogens is 2. The number of likely N-dealkylation sites (tertiary alicyclic amines) is 2. The van der Waals surface area contributed by atoms with Crippen LogP contribution in [0.15, 0.2) is 54.6 Å². The molecular weight excluding hydrogens is 996 g/mol. The highest BCUT2D eigenvalue weighted by Crippen LogP contribution is 2.57. The Balaban J connectivity index is 0.768. The van der Waals surface area contributed by atoms with E-state index in [0.29, 0.717) is 57.4 Å². The first-order valence-corrected chi connectivity index (χ1v) is 26.2. The lowest BCUT2D eigenvalue weighted by Gasteiger charge is -2.46. The van der Waals surface area contributed by atoms with Crippen LogP contribution in [0, 0.1) is 35.1 Å². The molecule has 4 aromatic carbocycles. The van der Waals surface area contributed by atoms with E-state index < -0.39 is 64.3 Å². The number of aliphatic hydroxyl groups excluding tert-OH is 1. The summed E-state index contributed by atoms with van der Waals surface area (Å²) in [7, 11) is 1.55. The maximum Gasteiger partial charge on any atom is 0.329 e. The van der Waals surface area contributed by atoms with Crippen molar-refractivity contribution in [1.29, 1.82) is 0 Å². The van der Waals surface area contributed by atoms with E-state index in [1.165, 1.54) is 33.8 Å². The Hall–Kier alpha value is -6.28. The van der Waals surface area contributed by atoms with Crippen LogP contribution in [-0.4, -0.2) is 113 Å². The molecule has 4 aliphatic heterocycles. The first kappa shape index (κ1) is 52.2. The average Bonchev–Trinajstić information content (AvgIpc) is 3.90. The highest BCUT2D eigenvalue weighted by molar-refractivity contribution is 6.34. The van der Waals surface area contributed by atoms with Crippen LogP contribution in [0.4, 0.5) is 28.2 Å². The average molecular weight is 1060 g/mol. The summed E-state index contributed by atoms with van der Waals surface area (Å²) in [4.78, 5) is 56.9. The number of halogens is 5. The van der Waals surface area contributed by atoms with E-state index in [2.05, 4.69) is 27.6 Å². The number of nitrogens with zero attached hydrogens (tertiary/aromatic N) is 5. The Morgan fingerprint density at radius 2 is 1.65 bits per heavy atom. The van der Waals surface area contributed by atoms with Crippen LogP contribution in [-0.2, 0) is 22.2 Å². The lowest BCUT2D eigenvalue weighted by Crippen LogP contribution is -2.54. The second kappa shape index (κ2) is 21.0. The number of urea groups is 1. The number of hydrogen-bond donors (Lipinski definition) is 4. The van der Waals surface area contributed by atoms with Crippen molar-refractivity contribution >= 4 is 52.1 Å². The van der Waals surface area contributed by atoms with Crippen molar-refractivity contribution in [3.05, 3.63) is 105 Å². The number of hydrogen-bond acceptors (Lipinski definition) is 10. The van der Waals surface area contributed by atoms with Gasteiger partial charge in [0.15, 0.2) is 28.8 Å². The molecule has 4 atom stereocenters. The molecule has 15 nitrogen and oxygen atoms in total. The summed E-state index contributed by atoms with van der Waals surface area (Å²) in [6.45, 7) is 6.27. The minimum Gasteiger partial charge on any atom is -0.488 e. The number of carbonyl (C=O) groups excluding carboxylic acids is 4. The standard InChI is InChI=1S/C55H61ClF4N8O7/c1-29-27-67(21-17-39(29)66-19-15-31(16-20-66)44-37(57)25-36-50(49(44)60)65(3)64-52(36)68-22-18-42(70)63-54(68)73)53(72)32-9-11-34(12-10-32)62-28-55(33-7-5-4-6-8-33)30(2)43-41(75-55)26-38(58)47(56)46(43)45-35(51(61)71)13-14-40(48(45)59)74-24-23-69/h4-8,13-14,25-26,29-32,34,39,62,69H,9-12,15-24,27-28H2,1-3H3,(H2,61,71)(H,63,70,73)/t29-,30-,32?,34?,39?,55-/m0/s1. The number of rotatable bonds is 13. The number of ether oxygens (including phenoxy) is 2. The smallest absolute Gasteiger partial charge is 0.329 e. The Morgan fingerprint density at radius 1 is 0.920 bits per heavy atom. The molecule has 5 amide bonds.